The molecule has 1 aromatic heterocycles. The standard InChI is InChI=1S/C12H14N2O3S2/c1-8-12(9(2)17-13-8)19(15,16)14-10-4-6-11(18-3)7-5-10/h4-7,14H,1-3H3. The predicted molar refractivity (Wildman–Crippen MR) is 75.0 cm³/mol. The first kappa shape index (κ1) is 14.0. The fourth-order valence-corrected chi connectivity index (χ4v) is 3.52. The van der Waals surface area contributed by atoms with Gasteiger partial charge in [-0.3, -0.25) is 4.72 Å². The molecule has 0 unspecified atom stereocenters. The second kappa shape index (κ2) is 5.26. The zero-order chi connectivity index (χ0) is 14.0. The molecule has 0 bridgehead atoms. The second-order valence-electron chi connectivity index (χ2n) is 3.99. The van der Waals surface area contributed by atoms with Crippen molar-refractivity contribution in [2.45, 2.75) is 23.6 Å². The normalized spacial score (nSPS) is 11.5. The van der Waals surface area contributed by atoms with Gasteiger partial charge in [-0.25, -0.2) is 8.42 Å². The van der Waals surface area contributed by atoms with Crippen LogP contribution in [0, 0.1) is 13.8 Å². The van der Waals surface area contributed by atoms with Crippen molar-refractivity contribution in [2.75, 3.05) is 11.0 Å². The maximum Gasteiger partial charge on any atom is 0.267 e. The van der Waals surface area contributed by atoms with Gasteiger partial charge in [-0.1, -0.05) is 5.16 Å². The van der Waals surface area contributed by atoms with Crippen molar-refractivity contribution in [1.29, 1.82) is 0 Å². The zero-order valence-electron chi connectivity index (χ0n) is 10.8. The zero-order valence-corrected chi connectivity index (χ0v) is 12.4. The van der Waals surface area contributed by atoms with E-state index in [1.165, 1.54) is 0 Å². The van der Waals surface area contributed by atoms with Crippen LogP contribution in [-0.2, 0) is 10.0 Å². The molecule has 0 fully saturated rings. The number of hydrogen-bond acceptors (Lipinski definition) is 5. The number of sulfonamides is 1. The Morgan fingerprint density at radius 1 is 1.21 bits per heavy atom. The van der Waals surface area contributed by atoms with Crippen LogP contribution < -0.4 is 4.72 Å². The van der Waals surface area contributed by atoms with Gasteiger partial charge < -0.3 is 4.52 Å². The topological polar surface area (TPSA) is 72.2 Å². The first-order valence-electron chi connectivity index (χ1n) is 5.54. The minimum atomic E-state index is -3.66. The number of aryl methyl sites for hydroxylation is 2. The summed E-state index contributed by atoms with van der Waals surface area (Å²) in [5.74, 6) is 0.283. The van der Waals surface area contributed by atoms with Crippen LogP contribution in [0.3, 0.4) is 0 Å². The molecule has 0 atom stereocenters. The monoisotopic (exact) mass is 298 g/mol. The summed E-state index contributed by atoms with van der Waals surface area (Å²) in [7, 11) is -3.66. The number of anilines is 1. The summed E-state index contributed by atoms with van der Waals surface area (Å²) in [6.45, 7) is 3.17. The summed E-state index contributed by atoms with van der Waals surface area (Å²) in [5, 5.41) is 3.65. The third-order valence-electron chi connectivity index (χ3n) is 2.58. The Bertz CT molecular complexity index is 656. The van der Waals surface area contributed by atoms with E-state index >= 15 is 0 Å². The lowest BCUT2D eigenvalue weighted by Crippen LogP contribution is -2.14. The second-order valence-corrected chi connectivity index (χ2v) is 6.49. The van der Waals surface area contributed by atoms with Gasteiger partial charge in [0.25, 0.3) is 10.0 Å². The Labute approximate surface area is 116 Å². The van der Waals surface area contributed by atoms with E-state index in [2.05, 4.69) is 9.88 Å². The summed E-state index contributed by atoms with van der Waals surface area (Å²) in [6, 6.07) is 7.16. The molecule has 0 aliphatic carbocycles. The maximum absolute atomic E-state index is 12.2. The van der Waals surface area contributed by atoms with Gasteiger partial charge in [0.05, 0.1) is 0 Å². The first-order valence-corrected chi connectivity index (χ1v) is 8.24. The number of hydrogen-bond donors (Lipinski definition) is 1. The van der Waals surface area contributed by atoms with E-state index in [4.69, 9.17) is 4.52 Å². The summed E-state index contributed by atoms with van der Waals surface area (Å²) in [6.07, 6.45) is 1.96. The van der Waals surface area contributed by atoms with Crippen molar-refractivity contribution in [1.82, 2.24) is 5.16 Å². The molecule has 0 aliphatic heterocycles. The molecule has 0 saturated carbocycles. The smallest absolute Gasteiger partial charge is 0.267 e. The molecule has 0 amide bonds. The molecule has 0 spiro atoms. The third-order valence-corrected chi connectivity index (χ3v) is 4.95. The Kier molecular flexibility index (Phi) is 3.86. The highest BCUT2D eigenvalue weighted by atomic mass is 32.2. The lowest BCUT2D eigenvalue weighted by Gasteiger charge is -2.07. The van der Waals surface area contributed by atoms with Crippen LogP contribution in [0.1, 0.15) is 11.5 Å². The number of aromatic nitrogens is 1. The quantitative estimate of drug-likeness (QED) is 0.879. The molecule has 1 heterocycles. The van der Waals surface area contributed by atoms with Gasteiger partial charge in [0.15, 0.2) is 10.7 Å². The van der Waals surface area contributed by atoms with Gasteiger partial charge in [0.2, 0.25) is 0 Å². The molecule has 1 N–H and O–H groups in total. The van der Waals surface area contributed by atoms with Crippen LogP contribution in [0.2, 0.25) is 0 Å². The number of benzene rings is 1. The number of nitrogens with one attached hydrogen (secondary N) is 1. The van der Waals surface area contributed by atoms with Crippen LogP contribution >= 0.6 is 11.8 Å². The Morgan fingerprint density at radius 3 is 2.32 bits per heavy atom. The molecule has 2 aromatic rings. The van der Waals surface area contributed by atoms with E-state index in [1.54, 1.807) is 37.7 Å². The molecule has 0 aliphatic rings. The molecule has 7 heteroatoms. The van der Waals surface area contributed by atoms with E-state index in [0.29, 0.717) is 11.4 Å². The van der Waals surface area contributed by atoms with Gasteiger partial charge in [-0.15, -0.1) is 11.8 Å². The summed E-state index contributed by atoms with van der Waals surface area (Å²) in [4.78, 5) is 1.17. The lowest BCUT2D eigenvalue weighted by atomic mass is 10.3. The van der Waals surface area contributed by atoms with Crippen LogP contribution in [0.5, 0.6) is 0 Å². The van der Waals surface area contributed by atoms with E-state index in [1.807, 2.05) is 18.4 Å². The molecular formula is C12H14N2O3S2. The third kappa shape index (κ3) is 2.93. The van der Waals surface area contributed by atoms with Crippen molar-refractivity contribution in [3.63, 3.8) is 0 Å². The lowest BCUT2D eigenvalue weighted by molar-refractivity contribution is 0.390. The Morgan fingerprint density at radius 2 is 1.84 bits per heavy atom. The number of thioether (sulfide) groups is 1. The Hall–Kier alpha value is -1.47. The van der Waals surface area contributed by atoms with Crippen LogP contribution in [-0.4, -0.2) is 19.8 Å². The summed E-state index contributed by atoms with van der Waals surface area (Å²) < 4.78 is 31.9. The predicted octanol–water partition coefficient (Wildman–Crippen LogP) is 2.81. The van der Waals surface area contributed by atoms with Crippen molar-refractivity contribution >= 4 is 27.5 Å². The molecule has 19 heavy (non-hydrogen) atoms. The van der Waals surface area contributed by atoms with Gasteiger partial charge >= 0.3 is 0 Å². The van der Waals surface area contributed by atoms with Crippen molar-refractivity contribution < 1.29 is 12.9 Å². The van der Waals surface area contributed by atoms with Crippen LogP contribution in [0.15, 0.2) is 38.6 Å². The fraction of sp³-hybridized carbons (Fsp3) is 0.250. The number of nitrogens with zero attached hydrogens (tertiary/aromatic N) is 1. The van der Waals surface area contributed by atoms with E-state index in [9.17, 15) is 8.42 Å². The van der Waals surface area contributed by atoms with Crippen LogP contribution in [0.4, 0.5) is 5.69 Å². The fourth-order valence-electron chi connectivity index (χ4n) is 1.72. The first-order chi connectivity index (χ1) is 8.94. The van der Waals surface area contributed by atoms with E-state index < -0.39 is 10.0 Å². The SMILES string of the molecule is CSc1ccc(NS(=O)(=O)c2c(C)noc2C)cc1. The molecule has 5 nitrogen and oxygen atoms in total. The van der Waals surface area contributed by atoms with Crippen molar-refractivity contribution in [3.8, 4) is 0 Å². The Balaban J connectivity index is 2.31. The van der Waals surface area contributed by atoms with E-state index in [-0.39, 0.29) is 10.7 Å². The maximum atomic E-state index is 12.2. The van der Waals surface area contributed by atoms with Crippen molar-refractivity contribution in [3.05, 3.63) is 35.7 Å². The molecule has 2 rings (SSSR count). The molecule has 1 aromatic carbocycles. The summed E-state index contributed by atoms with van der Waals surface area (Å²) >= 11 is 1.60. The molecule has 0 saturated heterocycles. The number of rotatable bonds is 4. The highest BCUT2D eigenvalue weighted by Gasteiger charge is 2.24. The highest BCUT2D eigenvalue weighted by molar-refractivity contribution is 7.98. The van der Waals surface area contributed by atoms with Crippen molar-refractivity contribution in [2.24, 2.45) is 0 Å². The minimum absolute atomic E-state index is 0.0986. The van der Waals surface area contributed by atoms with Crippen LogP contribution in [0.25, 0.3) is 0 Å². The van der Waals surface area contributed by atoms with Gasteiger partial charge in [-0.2, -0.15) is 0 Å². The average molecular weight is 298 g/mol. The molecule has 102 valence electrons. The largest absolute Gasteiger partial charge is 0.360 e. The highest BCUT2D eigenvalue weighted by Crippen LogP contribution is 2.23. The van der Waals surface area contributed by atoms with Gasteiger partial charge in [-0.05, 0) is 44.4 Å². The molecule has 0 radical (unpaired) electrons. The van der Waals surface area contributed by atoms with Gasteiger partial charge in [0, 0.05) is 10.6 Å². The average Bonchev–Trinajstić information content (AvgIpc) is 2.70. The summed E-state index contributed by atoms with van der Waals surface area (Å²) in [5.41, 5.74) is 0.864. The minimum Gasteiger partial charge on any atom is -0.360 e. The van der Waals surface area contributed by atoms with E-state index in [0.717, 1.165) is 4.90 Å². The molecular weight excluding hydrogens is 284 g/mol. The van der Waals surface area contributed by atoms with Gasteiger partial charge in [0.1, 0.15) is 5.69 Å².